The van der Waals surface area contributed by atoms with E-state index in [9.17, 15) is 4.79 Å². The van der Waals surface area contributed by atoms with Crippen molar-refractivity contribution in [2.75, 3.05) is 0 Å². The molecule has 2 aromatic rings. The number of benzene rings is 1. The maximum Gasteiger partial charge on any atom is 0.273 e. The summed E-state index contributed by atoms with van der Waals surface area (Å²) in [4.78, 5) is 12.4. The molecule has 0 amide bonds. The number of allylic oxidation sites excluding steroid dienone is 1. The van der Waals surface area contributed by atoms with E-state index in [1.54, 1.807) is 22.9 Å². The molecular formula is C18H15ClN2O. The van der Waals surface area contributed by atoms with E-state index in [-0.39, 0.29) is 16.0 Å². The highest BCUT2D eigenvalue weighted by Gasteiger charge is 2.26. The molecule has 0 atom stereocenters. The monoisotopic (exact) mass is 310 g/mol. The Morgan fingerprint density at radius 3 is 2.82 bits per heavy atom. The zero-order chi connectivity index (χ0) is 15.9. The summed E-state index contributed by atoms with van der Waals surface area (Å²) in [5.74, 6) is 0. The fourth-order valence-corrected chi connectivity index (χ4v) is 3.05. The van der Waals surface area contributed by atoms with Gasteiger partial charge in [0.25, 0.3) is 5.56 Å². The number of aromatic nitrogens is 1. The summed E-state index contributed by atoms with van der Waals surface area (Å²) < 4.78 is 1.56. The van der Waals surface area contributed by atoms with Gasteiger partial charge in [-0.2, -0.15) is 5.26 Å². The Kier molecular flexibility index (Phi) is 3.42. The van der Waals surface area contributed by atoms with E-state index in [2.05, 4.69) is 26.0 Å². The van der Waals surface area contributed by atoms with Crippen LogP contribution in [0.5, 0.6) is 0 Å². The molecule has 1 aliphatic carbocycles. The van der Waals surface area contributed by atoms with E-state index < -0.39 is 0 Å². The first-order chi connectivity index (χ1) is 10.4. The molecule has 22 heavy (non-hydrogen) atoms. The molecule has 0 aliphatic heterocycles. The Hall–Kier alpha value is -2.31. The Labute approximate surface area is 134 Å². The largest absolute Gasteiger partial charge is 0.283 e. The number of hydrogen-bond acceptors (Lipinski definition) is 2. The van der Waals surface area contributed by atoms with Gasteiger partial charge < -0.3 is 0 Å². The first kappa shape index (κ1) is 14.6. The van der Waals surface area contributed by atoms with Crippen molar-refractivity contribution >= 4 is 17.3 Å². The number of rotatable bonds is 1. The molecule has 0 radical (unpaired) electrons. The lowest BCUT2D eigenvalue weighted by Crippen LogP contribution is -2.26. The van der Waals surface area contributed by atoms with Crippen LogP contribution in [-0.2, 0) is 6.42 Å². The number of hydrogen-bond donors (Lipinski definition) is 0. The third-order valence-corrected chi connectivity index (χ3v) is 4.14. The summed E-state index contributed by atoms with van der Waals surface area (Å²) in [5.41, 5.74) is 3.10. The standard InChI is InChI=1S/C18H15ClN2O/c1-18(2)9-13-6-5-12(11-20)8-14(13)16(10-18)21-7-3-4-15(19)17(21)22/h3-8,10H,9H2,1-2H3. The third kappa shape index (κ3) is 2.47. The first-order valence-corrected chi connectivity index (χ1v) is 7.43. The zero-order valence-electron chi connectivity index (χ0n) is 12.4. The van der Waals surface area contributed by atoms with Gasteiger partial charge in [-0.05, 0) is 41.7 Å². The lowest BCUT2D eigenvalue weighted by molar-refractivity contribution is 0.470. The molecule has 3 rings (SSSR count). The SMILES string of the molecule is CC1(C)C=C(n2cccc(Cl)c2=O)c2cc(C#N)ccc2C1. The van der Waals surface area contributed by atoms with Gasteiger partial charge in [0.1, 0.15) is 5.02 Å². The first-order valence-electron chi connectivity index (χ1n) is 7.05. The van der Waals surface area contributed by atoms with Crippen LogP contribution in [0, 0.1) is 16.7 Å². The zero-order valence-corrected chi connectivity index (χ0v) is 13.2. The summed E-state index contributed by atoms with van der Waals surface area (Å²) >= 11 is 5.98. The summed E-state index contributed by atoms with van der Waals surface area (Å²) in [6.07, 6.45) is 4.66. The average molecular weight is 311 g/mol. The molecular weight excluding hydrogens is 296 g/mol. The summed E-state index contributed by atoms with van der Waals surface area (Å²) in [5, 5.41) is 9.32. The van der Waals surface area contributed by atoms with E-state index >= 15 is 0 Å². The van der Waals surface area contributed by atoms with Crippen molar-refractivity contribution in [2.45, 2.75) is 20.3 Å². The number of pyridine rings is 1. The van der Waals surface area contributed by atoms with Gasteiger partial charge in [-0.1, -0.05) is 37.6 Å². The van der Waals surface area contributed by atoms with E-state index in [1.807, 2.05) is 18.2 Å². The molecule has 3 nitrogen and oxygen atoms in total. The molecule has 1 aromatic heterocycles. The molecule has 1 heterocycles. The molecule has 0 N–H and O–H groups in total. The second-order valence-electron chi connectivity index (χ2n) is 6.21. The van der Waals surface area contributed by atoms with E-state index in [0.717, 1.165) is 23.2 Å². The van der Waals surface area contributed by atoms with Crippen molar-refractivity contribution in [1.82, 2.24) is 4.57 Å². The molecule has 1 aliphatic rings. The molecule has 110 valence electrons. The van der Waals surface area contributed by atoms with Gasteiger partial charge in [-0.25, -0.2) is 0 Å². The summed E-state index contributed by atoms with van der Waals surface area (Å²) in [7, 11) is 0. The number of nitriles is 1. The maximum atomic E-state index is 12.4. The predicted octanol–water partition coefficient (Wildman–Crippen LogP) is 3.84. The van der Waals surface area contributed by atoms with Gasteiger partial charge in [0, 0.05) is 11.8 Å². The molecule has 0 spiro atoms. The molecule has 0 fully saturated rings. The van der Waals surface area contributed by atoms with E-state index in [1.165, 1.54) is 0 Å². The van der Waals surface area contributed by atoms with Gasteiger partial charge in [0.05, 0.1) is 17.3 Å². The van der Waals surface area contributed by atoms with Gasteiger partial charge >= 0.3 is 0 Å². The molecule has 0 bridgehead atoms. The van der Waals surface area contributed by atoms with Crippen LogP contribution in [0.25, 0.3) is 5.70 Å². The van der Waals surface area contributed by atoms with Crippen LogP contribution >= 0.6 is 11.6 Å². The van der Waals surface area contributed by atoms with Gasteiger partial charge in [-0.15, -0.1) is 0 Å². The minimum Gasteiger partial charge on any atom is -0.283 e. The highest BCUT2D eigenvalue weighted by Crippen LogP contribution is 2.37. The van der Waals surface area contributed by atoms with Crippen LogP contribution in [0.15, 0.2) is 47.4 Å². The predicted molar refractivity (Wildman–Crippen MR) is 87.7 cm³/mol. The number of halogens is 1. The molecule has 1 aromatic carbocycles. The van der Waals surface area contributed by atoms with Crippen LogP contribution in [0.2, 0.25) is 5.02 Å². The highest BCUT2D eigenvalue weighted by atomic mass is 35.5. The topological polar surface area (TPSA) is 45.8 Å². The summed E-state index contributed by atoms with van der Waals surface area (Å²) in [6, 6.07) is 11.1. The van der Waals surface area contributed by atoms with Crippen molar-refractivity contribution in [2.24, 2.45) is 5.41 Å². The van der Waals surface area contributed by atoms with Crippen LogP contribution < -0.4 is 5.56 Å². The third-order valence-electron chi connectivity index (χ3n) is 3.85. The Bertz CT molecular complexity index is 885. The van der Waals surface area contributed by atoms with Crippen LogP contribution in [-0.4, -0.2) is 4.57 Å². The van der Waals surface area contributed by atoms with Crippen LogP contribution in [0.1, 0.15) is 30.5 Å². The van der Waals surface area contributed by atoms with Crippen LogP contribution in [0.3, 0.4) is 0 Å². The van der Waals surface area contributed by atoms with Gasteiger partial charge in [0.15, 0.2) is 0 Å². The lowest BCUT2D eigenvalue weighted by Gasteiger charge is -2.30. The fraction of sp³-hybridized carbons (Fsp3) is 0.222. The Balaban J connectivity index is 2.30. The van der Waals surface area contributed by atoms with E-state index in [4.69, 9.17) is 16.9 Å². The molecule has 4 heteroatoms. The fourth-order valence-electron chi connectivity index (χ4n) is 2.88. The number of fused-ring (bicyclic) bond motifs is 1. The number of nitrogens with zero attached hydrogens (tertiary/aromatic N) is 2. The van der Waals surface area contributed by atoms with E-state index in [0.29, 0.717) is 5.56 Å². The molecule has 0 saturated heterocycles. The normalized spacial score (nSPS) is 15.6. The smallest absolute Gasteiger partial charge is 0.273 e. The van der Waals surface area contributed by atoms with Crippen molar-refractivity contribution in [3.8, 4) is 6.07 Å². The van der Waals surface area contributed by atoms with Crippen molar-refractivity contribution < 1.29 is 0 Å². The minimum absolute atomic E-state index is 0.0712. The Morgan fingerprint density at radius 2 is 2.09 bits per heavy atom. The second kappa shape index (κ2) is 5.15. The minimum atomic E-state index is -0.249. The molecule has 0 unspecified atom stereocenters. The Morgan fingerprint density at radius 1 is 1.32 bits per heavy atom. The van der Waals surface area contributed by atoms with Gasteiger partial charge in [-0.3, -0.25) is 9.36 Å². The van der Waals surface area contributed by atoms with Crippen LogP contribution in [0.4, 0.5) is 0 Å². The van der Waals surface area contributed by atoms with Crippen molar-refractivity contribution in [3.05, 3.63) is 74.7 Å². The lowest BCUT2D eigenvalue weighted by atomic mass is 9.77. The van der Waals surface area contributed by atoms with Crippen molar-refractivity contribution in [3.63, 3.8) is 0 Å². The average Bonchev–Trinajstić information content (AvgIpc) is 2.48. The summed E-state index contributed by atoms with van der Waals surface area (Å²) in [6.45, 7) is 4.26. The highest BCUT2D eigenvalue weighted by molar-refractivity contribution is 6.30. The molecule has 0 saturated carbocycles. The van der Waals surface area contributed by atoms with Crippen molar-refractivity contribution in [1.29, 1.82) is 5.26 Å². The maximum absolute atomic E-state index is 12.4. The van der Waals surface area contributed by atoms with Gasteiger partial charge in [0.2, 0.25) is 0 Å². The quantitative estimate of drug-likeness (QED) is 0.803. The second-order valence-corrected chi connectivity index (χ2v) is 6.62.